The lowest BCUT2D eigenvalue weighted by Crippen LogP contribution is -2.42. The first-order valence-electron chi connectivity index (χ1n) is 9.36. The summed E-state index contributed by atoms with van der Waals surface area (Å²) in [6.45, 7) is 2.47. The lowest BCUT2D eigenvalue weighted by atomic mass is 9.97. The summed E-state index contributed by atoms with van der Waals surface area (Å²) in [7, 11) is 0. The van der Waals surface area contributed by atoms with Crippen molar-refractivity contribution in [3.63, 3.8) is 0 Å². The predicted molar refractivity (Wildman–Crippen MR) is 95.4 cm³/mol. The number of imidazole rings is 1. The van der Waals surface area contributed by atoms with Crippen molar-refractivity contribution in [2.45, 2.75) is 38.1 Å². The highest BCUT2D eigenvalue weighted by atomic mass is 19.1. The molecule has 1 atom stereocenters. The summed E-state index contributed by atoms with van der Waals surface area (Å²) in [6.07, 6.45) is 8.59. The van der Waals surface area contributed by atoms with Crippen molar-refractivity contribution >= 4 is 5.91 Å². The molecule has 0 N–H and O–H groups in total. The highest BCUT2D eigenvalue weighted by molar-refractivity contribution is 5.78. The fraction of sp³-hybridized carbons (Fsp3) is 0.500. The Labute approximate surface area is 152 Å². The van der Waals surface area contributed by atoms with Crippen molar-refractivity contribution in [2.75, 3.05) is 19.7 Å². The zero-order valence-corrected chi connectivity index (χ0v) is 14.8. The van der Waals surface area contributed by atoms with Crippen LogP contribution in [0.15, 0.2) is 36.7 Å². The van der Waals surface area contributed by atoms with Gasteiger partial charge >= 0.3 is 0 Å². The van der Waals surface area contributed by atoms with E-state index in [-0.39, 0.29) is 24.2 Å². The normalized spacial score (nSPS) is 20.2. The van der Waals surface area contributed by atoms with E-state index in [1.165, 1.54) is 37.1 Å². The summed E-state index contributed by atoms with van der Waals surface area (Å²) in [5.74, 6) is 2.35. The molecule has 0 unspecified atom stereocenters. The quantitative estimate of drug-likeness (QED) is 0.798. The first-order chi connectivity index (χ1) is 12.7. The van der Waals surface area contributed by atoms with E-state index in [4.69, 9.17) is 4.74 Å². The number of aromatic nitrogens is 2. The van der Waals surface area contributed by atoms with Crippen LogP contribution in [-0.4, -0.2) is 40.1 Å². The Bertz CT molecular complexity index is 755. The molecule has 2 heterocycles. The second-order valence-corrected chi connectivity index (χ2v) is 7.30. The number of hydrogen-bond acceptors (Lipinski definition) is 3. The summed E-state index contributed by atoms with van der Waals surface area (Å²) in [6, 6.07) is 5.74. The second kappa shape index (κ2) is 7.48. The lowest BCUT2D eigenvalue weighted by molar-refractivity contribution is -0.134. The third-order valence-corrected chi connectivity index (χ3v) is 5.21. The summed E-state index contributed by atoms with van der Waals surface area (Å²) in [5.41, 5.74) is 0. The molecule has 1 amide bonds. The van der Waals surface area contributed by atoms with Crippen molar-refractivity contribution in [2.24, 2.45) is 5.92 Å². The number of amides is 1. The highest BCUT2D eigenvalue weighted by Crippen LogP contribution is 2.33. The molecule has 0 radical (unpaired) electrons. The van der Waals surface area contributed by atoms with E-state index >= 15 is 0 Å². The van der Waals surface area contributed by atoms with E-state index in [9.17, 15) is 9.18 Å². The molecule has 26 heavy (non-hydrogen) atoms. The van der Waals surface area contributed by atoms with E-state index < -0.39 is 0 Å². The van der Waals surface area contributed by atoms with Crippen molar-refractivity contribution in [1.29, 1.82) is 0 Å². The van der Waals surface area contributed by atoms with Crippen LogP contribution in [0, 0.1) is 11.7 Å². The molecule has 2 fully saturated rings. The monoisotopic (exact) mass is 357 g/mol. The Morgan fingerprint density at radius 2 is 2.04 bits per heavy atom. The first kappa shape index (κ1) is 17.1. The van der Waals surface area contributed by atoms with E-state index in [2.05, 4.69) is 15.7 Å². The Balaban J connectivity index is 1.34. The number of rotatable bonds is 6. The number of ether oxygens (including phenoxy) is 1. The Kier molecular flexibility index (Phi) is 4.91. The SMILES string of the molecule is O=C(COc1ccc(F)cc1)N1CCC[C@H](c2nccn2CC2CC2)C1. The molecule has 1 aliphatic heterocycles. The van der Waals surface area contributed by atoms with E-state index in [0.717, 1.165) is 37.7 Å². The van der Waals surface area contributed by atoms with Crippen molar-refractivity contribution < 1.29 is 13.9 Å². The van der Waals surface area contributed by atoms with Gasteiger partial charge in [-0.25, -0.2) is 9.37 Å². The fourth-order valence-electron chi connectivity index (χ4n) is 3.60. The molecule has 0 spiro atoms. The molecule has 6 heteroatoms. The van der Waals surface area contributed by atoms with Crippen LogP contribution in [0.4, 0.5) is 4.39 Å². The number of piperidine rings is 1. The average molecular weight is 357 g/mol. The van der Waals surface area contributed by atoms with E-state index in [0.29, 0.717) is 12.3 Å². The van der Waals surface area contributed by atoms with Crippen molar-refractivity contribution in [3.05, 3.63) is 48.3 Å². The molecule has 138 valence electrons. The van der Waals surface area contributed by atoms with Gasteiger partial charge in [0.2, 0.25) is 0 Å². The van der Waals surface area contributed by atoms with Crippen LogP contribution >= 0.6 is 0 Å². The molecule has 4 rings (SSSR count). The topological polar surface area (TPSA) is 47.4 Å². The van der Waals surface area contributed by atoms with Gasteiger partial charge in [0.25, 0.3) is 5.91 Å². The van der Waals surface area contributed by atoms with Gasteiger partial charge in [0, 0.05) is 37.9 Å². The zero-order valence-electron chi connectivity index (χ0n) is 14.8. The van der Waals surface area contributed by atoms with Gasteiger partial charge < -0.3 is 14.2 Å². The molecule has 1 aromatic carbocycles. The molecule has 1 saturated heterocycles. The van der Waals surface area contributed by atoms with Crippen LogP contribution in [0.5, 0.6) is 5.75 Å². The first-order valence-corrected chi connectivity index (χ1v) is 9.36. The molecule has 2 aliphatic rings. The van der Waals surface area contributed by atoms with Gasteiger partial charge in [-0.2, -0.15) is 0 Å². The Hall–Kier alpha value is -2.37. The lowest BCUT2D eigenvalue weighted by Gasteiger charge is -2.32. The summed E-state index contributed by atoms with van der Waals surface area (Å²) in [4.78, 5) is 19.0. The number of likely N-dealkylation sites (tertiary alicyclic amines) is 1. The number of carbonyl (C=O) groups excluding carboxylic acids is 1. The molecule has 1 aromatic heterocycles. The summed E-state index contributed by atoms with van der Waals surface area (Å²) >= 11 is 0. The van der Waals surface area contributed by atoms with E-state index in [1.54, 1.807) is 0 Å². The fourth-order valence-corrected chi connectivity index (χ4v) is 3.60. The largest absolute Gasteiger partial charge is 0.484 e. The molecule has 0 bridgehead atoms. The van der Waals surface area contributed by atoms with Crippen molar-refractivity contribution in [3.8, 4) is 5.75 Å². The van der Waals surface area contributed by atoms with Crippen molar-refractivity contribution in [1.82, 2.24) is 14.5 Å². The van der Waals surface area contributed by atoms with Crippen LogP contribution in [0.3, 0.4) is 0 Å². The summed E-state index contributed by atoms with van der Waals surface area (Å²) in [5, 5.41) is 0. The number of halogens is 1. The minimum atomic E-state index is -0.316. The van der Waals surface area contributed by atoms with Crippen LogP contribution in [0.1, 0.15) is 37.4 Å². The van der Waals surface area contributed by atoms with Gasteiger partial charge in [-0.3, -0.25) is 4.79 Å². The molecular formula is C20H24FN3O2. The molecule has 2 aromatic rings. The standard InChI is InChI=1S/C20H24FN3O2/c21-17-5-7-18(8-6-17)26-14-19(25)23-10-1-2-16(13-23)20-22-9-11-24(20)12-15-3-4-15/h5-9,11,15-16H,1-4,10,12-14H2/t16-/m0/s1. The maximum absolute atomic E-state index is 12.9. The van der Waals surface area contributed by atoms with Gasteiger partial charge in [-0.05, 0) is 55.9 Å². The minimum Gasteiger partial charge on any atom is -0.484 e. The number of benzene rings is 1. The number of carbonyl (C=O) groups is 1. The molecule has 1 aliphatic carbocycles. The third-order valence-electron chi connectivity index (χ3n) is 5.21. The molecule has 1 saturated carbocycles. The van der Waals surface area contributed by atoms with Crippen LogP contribution in [-0.2, 0) is 11.3 Å². The van der Waals surface area contributed by atoms with E-state index in [1.807, 2.05) is 11.1 Å². The smallest absolute Gasteiger partial charge is 0.260 e. The van der Waals surface area contributed by atoms with Gasteiger partial charge in [0.15, 0.2) is 6.61 Å². The Morgan fingerprint density at radius 3 is 2.81 bits per heavy atom. The molecule has 5 nitrogen and oxygen atoms in total. The average Bonchev–Trinajstić information content (AvgIpc) is 3.36. The highest BCUT2D eigenvalue weighted by Gasteiger charge is 2.29. The minimum absolute atomic E-state index is 0.0190. The summed E-state index contributed by atoms with van der Waals surface area (Å²) < 4.78 is 20.7. The number of hydrogen-bond donors (Lipinski definition) is 0. The van der Waals surface area contributed by atoms with Crippen LogP contribution < -0.4 is 4.74 Å². The van der Waals surface area contributed by atoms with Gasteiger partial charge in [0.05, 0.1) is 0 Å². The van der Waals surface area contributed by atoms with Gasteiger partial charge in [-0.15, -0.1) is 0 Å². The third kappa shape index (κ3) is 4.06. The van der Waals surface area contributed by atoms with Crippen LogP contribution in [0.2, 0.25) is 0 Å². The van der Waals surface area contributed by atoms with Crippen LogP contribution in [0.25, 0.3) is 0 Å². The maximum atomic E-state index is 12.9. The maximum Gasteiger partial charge on any atom is 0.260 e. The number of nitrogens with zero attached hydrogens (tertiary/aromatic N) is 3. The predicted octanol–water partition coefficient (Wildman–Crippen LogP) is 3.22. The Morgan fingerprint density at radius 1 is 1.23 bits per heavy atom. The van der Waals surface area contributed by atoms with Gasteiger partial charge in [-0.1, -0.05) is 0 Å². The second-order valence-electron chi connectivity index (χ2n) is 7.30. The zero-order chi connectivity index (χ0) is 17.9. The van der Waals surface area contributed by atoms with Gasteiger partial charge in [0.1, 0.15) is 17.4 Å². The molecular weight excluding hydrogens is 333 g/mol.